The van der Waals surface area contributed by atoms with E-state index in [2.05, 4.69) is 5.32 Å². The van der Waals surface area contributed by atoms with Crippen molar-refractivity contribution in [3.05, 3.63) is 21.3 Å². The Hall–Kier alpha value is -0.290. The van der Waals surface area contributed by atoms with Crippen molar-refractivity contribution in [2.24, 2.45) is 5.73 Å². The molecule has 3 N–H and O–H groups in total. The Morgan fingerprint density at radius 2 is 2.33 bits per heavy atom. The van der Waals surface area contributed by atoms with Gasteiger partial charge in [0.2, 0.25) is 5.91 Å². The van der Waals surface area contributed by atoms with Crippen LogP contribution in [0.1, 0.15) is 11.8 Å². The molecule has 0 spiro atoms. The molecule has 0 unspecified atom stereocenters. The summed E-state index contributed by atoms with van der Waals surface area (Å²) >= 11 is 7.29. The maximum atomic E-state index is 11.1. The molecule has 1 atom stereocenters. The first-order chi connectivity index (χ1) is 6.59. The van der Waals surface area contributed by atoms with Crippen molar-refractivity contribution in [3.8, 4) is 0 Å². The fourth-order valence-corrected chi connectivity index (χ4v) is 2.04. The number of halogens is 2. The van der Waals surface area contributed by atoms with Crippen LogP contribution >= 0.6 is 35.3 Å². The third kappa shape index (κ3) is 5.37. The van der Waals surface area contributed by atoms with Gasteiger partial charge in [0.05, 0.1) is 10.4 Å². The van der Waals surface area contributed by atoms with Crippen molar-refractivity contribution in [2.45, 2.75) is 19.4 Å². The number of amides is 1. The van der Waals surface area contributed by atoms with Crippen molar-refractivity contribution in [2.75, 3.05) is 6.54 Å². The highest BCUT2D eigenvalue weighted by Crippen LogP contribution is 2.21. The van der Waals surface area contributed by atoms with Gasteiger partial charge in [-0.3, -0.25) is 4.79 Å². The van der Waals surface area contributed by atoms with E-state index in [9.17, 15) is 4.79 Å². The van der Waals surface area contributed by atoms with E-state index in [1.165, 1.54) is 16.2 Å². The number of carbonyl (C=O) groups excluding carboxylic acids is 1. The van der Waals surface area contributed by atoms with E-state index in [0.717, 1.165) is 10.8 Å². The van der Waals surface area contributed by atoms with Crippen molar-refractivity contribution < 1.29 is 4.79 Å². The summed E-state index contributed by atoms with van der Waals surface area (Å²) in [7, 11) is 0. The number of thiophene rings is 1. The zero-order valence-electron chi connectivity index (χ0n) is 8.33. The van der Waals surface area contributed by atoms with Gasteiger partial charge in [-0.2, -0.15) is 0 Å². The van der Waals surface area contributed by atoms with E-state index >= 15 is 0 Å². The van der Waals surface area contributed by atoms with Gasteiger partial charge in [0.15, 0.2) is 0 Å². The summed E-state index contributed by atoms with van der Waals surface area (Å²) in [6.45, 7) is 2.27. The van der Waals surface area contributed by atoms with Crippen molar-refractivity contribution in [3.63, 3.8) is 0 Å². The summed E-state index contributed by atoms with van der Waals surface area (Å²) in [6, 6.07) is 3.38. The zero-order valence-corrected chi connectivity index (χ0v) is 10.7. The lowest BCUT2D eigenvalue weighted by Crippen LogP contribution is -2.39. The maximum absolute atomic E-state index is 11.1. The fraction of sp³-hybridized carbons (Fsp3) is 0.444. The lowest BCUT2D eigenvalue weighted by molar-refractivity contribution is -0.121. The second-order valence-corrected chi connectivity index (χ2v) is 4.84. The molecular weight excluding hydrogens is 255 g/mol. The van der Waals surface area contributed by atoms with Gasteiger partial charge in [0.1, 0.15) is 0 Å². The van der Waals surface area contributed by atoms with Crippen molar-refractivity contribution in [1.29, 1.82) is 0 Å². The molecule has 3 nitrogen and oxygen atoms in total. The monoisotopic (exact) mass is 268 g/mol. The number of hydrogen-bond donors (Lipinski definition) is 2. The summed E-state index contributed by atoms with van der Waals surface area (Å²) in [5.74, 6) is -0.118. The minimum atomic E-state index is -0.443. The molecule has 6 heteroatoms. The van der Waals surface area contributed by atoms with Gasteiger partial charge in [-0.15, -0.1) is 23.7 Å². The van der Waals surface area contributed by atoms with E-state index in [1.807, 2.05) is 12.1 Å². The predicted molar refractivity (Wildman–Crippen MR) is 66.9 cm³/mol. The van der Waals surface area contributed by atoms with Gasteiger partial charge in [0, 0.05) is 11.4 Å². The van der Waals surface area contributed by atoms with Crippen LogP contribution in [0.4, 0.5) is 0 Å². The molecule has 0 aliphatic heterocycles. The van der Waals surface area contributed by atoms with E-state index in [4.69, 9.17) is 17.3 Å². The first-order valence-electron chi connectivity index (χ1n) is 4.37. The second-order valence-electron chi connectivity index (χ2n) is 3.04. The maximum Gasteiger partial charge on any atom is 0.236 e. The Bertz CT molecular complexity index is 315. The normalized spacial score (nSPS) is 11.7. The van der Waals surface area contributed by atoms with E-state index in [0.29, 0.717) is 6.54 Å². The number of nitrogens with two attached hydrogens (primary N) is 1. The Morgan fingerprint density at radius 1 is 1.67 bits per heavy atom. The molecular formula is C9H14Cl2N2OS. The Labute approximate surface area is 104 Å². The summed E-state index contributed by atoms with van der Waals surface area (Å²) in [5.41, 5.74) is 5.39. The first kappa shape index (κ1) is 14.7. The standard InChI is InChI=1S/C9H13ClN2OS.ClH/c1-6(11)9(13)12-5-4-7-2-3-8(10)14-7;/h2-3,6H,4-5,11H2,1H3,(H,12,13);1H/t6-;/m0./s1. The molecule has 0 aliphatic carbocycles. The quantitative estimate of drug-likeness (QED) is 0.876. The van der Waals surface area contributed by atoms with Gasteiger partial charge >= 0.3 is 0 Å². The number of hydrogen-bond acceptors (Lipinski definition) is 3. The molecule has 0 radical (unpaired) electrons. The Morgan fingerprint density at radius 3 is 2.80 bits per heavy atom. The van der Waals surface area contributed by atoms with Crippen LogP contribution in [0, 0.1) is 0 Å². The Balaban J connectivity index is 0.00000196. The van der Waals surface area contributed by atoms with Crippen LogP contribution in [-0.4, -0.2) is 18.5 Å². The molecule has 0 aromatic carbocycles. The zero-order chi connectivity index (χ0) is 10.6. The lowest BCUT2D eigenvalue weighted by atomic mass is 10.3. The third-order valence-corrected chi connectivity index (χ3v) is 3.00. The minimum absolute atomic E-state index is 0. The fourth-order valence-electron chi connectivity index (χ4n) is 0.956. The van der Waals surface area contributed by atoms with E-state index in [-0.39, 0.29) is 18.3 Å². The highest BCUT2D eigenvalue weighted by molar-refractivity contribution is 7.16. The first-order valence-corrected chi connectivity index (χ1v) is 5.56. The summed E-state index contributed by atoms with van der Waals surface area (Å²) < 4.78 is 0.776. The second kappa shape index (κ2) is 7.06. The average molecular weight is 269 g/mol. The van der Waals surface area contributed by atoms with Crippen LogP contribution in [0.3, 0.4) is 0 Å². The van der Waals surface area contributed by atoms with Crippen LogP contribution in [0.2, 0.25) is 4.34 Å². The van der Waals surface area contributed by atoms with Gasteiger partial charge < -0.3 is 11.1 Å². The van der Waals surface area contributed by atoms with Crippen molar-refractivity contribution >= 4 is 41.3 Å². The molecule has 0 saturated heterocycles. The van der Waals surface area contributed by atoms with Gasteiger partial charge in [-0.1, -0.05) is 11.6 Å². The predicted octanol–water partition coefficient (Wildman–Crippen LogP) is 1.83. The highest BCUT2D eigenvalue weighted by Gasteiger charge is 2.05. The van der Waals surface area contributed by atoms with Crippen LogP contribution in [0.25, 0.3) is 0 Å². The van der Waals surface area contributed by atoms with E-state index < -0.39 is 6.04 Å². The van der Waals surface area contributed by atoms with Gasteiger partial charge in [0.25, 0.3) is 0 Å². The molecule has 1 rings (SSSR count). The summed E-state index contributed by atoms with van der Waals surface area (Å²) in [5, 5.41) is 2.74. The molecule has 0 fully saturated rings. The molecule has 0 saturated carbocycles. The molecule has 1 heterocycles. The van der Waals surface area contributed by atoms with E-state index in [1.54, 1.807) is 6.92 Å². The van der Waals surface area contributed by atoms with Gasteiger partial charge in [-0.25, -0.2) is 0 Å². The SMILES string of the molecule is C[C@H](N)C(=O)NCCc1ccc(Cl)s1.Cl. The molecule has 1 aromatic heterocycles. The van der Waals surface area contributed by atoms with Crippen LogP contribution in [0.15, 0.2) is 12.1 Å². The number of carbonyl (C=O) groups is 1. The molecule has 0 aliphatic rings. The largest absolute Gasteiger partial charge is 0.354 e. The molecule has 86 valence electrons. The highest BCUT2D eigenvalue weighted by atomic mass is 35.5. The smallest absolute Gasteiger partial charge is 0.236 e. The minimum Gasteiger partial charge on any atom is -0.354 e. The molecule has 15 heavy (non-hydrogen) atoms. The number of nitrogens with one attached hydrogen (secondary N) is 1. The third-order valence-electron chi connectivity index (χ3n) is 1.71. The number of rotatable bonds is 4. The van der Waals surface area contributed by atoms with Crippen LogP contribution < -0.4 is 11.1 Å². The molecule has 0 bridgehead atoms. The molecule has 1 amide bonds. The van der Waals surface area contributed by atoms with Crippen LogP contribution in [0.5, 0.6) is 0 Å². The van der Waals surface area contributed by atoms with Crippen LogP contribution in [-0.2, 0) is 11.2 Å². The topological polar surface area (TPSA) is 55.1 Å². The molecule has 1 aromatic rings. The lowest BCUT2D eigenvalue weighted by Gasteiger charge is -2.06. The average Bonchev–Trinajstić information content (AvgIpc) is 2.51. The summed E-state index contributed by atoms with van der Waals surface area (Å²) in [6.07, 6.45) is 0.801. The Kier molecular flexibility index (Phi) is 6.92. The summed E-state index contributed by atoms with van der Waals surface area (Å²) in [4.78, 5) is 12.2. The van der Waals surface area contributed by atoms with Gasteiger partial charge in [-0.05, 0) is 25.5 Å². The van der Waals surface area contributed by atoms with Crippen molar-refractivity contribution in [1.82, 2.24) is 5.32 Å².